The third-order valence-corrected chi connectivity index (χ3v) is 6.82. The first-order valence-corrected chi connectivity index (χ1v) is 11.6. The number of aryl methyl sites for hydroxylation is 4. The highest BCUT2D eigenvalue weighted by molar-refractivity contribution is 7.15. The average molecular weight is 434 g/mol. The second-order valence-corrected chi connectivity index (χ2v) is 8.90. The number of ether oxygens (including phenoxy) is 1. The van der Waals surface area contributed by atoms with Gasteiger partial charge in [-0.1, -0.05) is 24.3 Å². The van der Waals surface area contributed by atoms with Gasteiger partial charge in [-0.05, 0) is 86.4 Å². The molecule has 0 saturated carbocycles. The molecule has 2 aromatic carbocycles. The predicted molar refractivity (Wildman–Crippen MR) is 126 cm³/mol. The number of carbonyl (C=O) groups is 2. The van der Waals surface area contributed by atoms with Crippen LogP contribution in [0, 0.1) is 13.8 Å². The smallest absolute Gasteiger partial charge is 0.341 e. The largest absolute Gasteiger partial charge is 0.462 e. The molecule has 160 valence electrons. The highest BCUT2D eigenvalue weighted by atomic mass is 32.1. The summed E-state index contributed by atoms with van der Waals surface area (Å²) in [7, 11) is 0. The third-order valence-electron chi connectivity index (χ3n) is 5.93. The lowest BCUT2D eigenvalue weighted by Gasteiger charge is -2.17. The lowest BCUT2D eigenvalue weighted by molar-refractivity contribution is 0.0529. The van der Waals surface area contributed by atoms with Crippen LogP contribution in [0.25, 0.3) is 11.1 Å². The maximum Gasteiger partial charge on any atom is 0.341 e. The van der Waals surface area contributed by atoms with Crippen molar-refractivity contribution in [3.8, 4) is 11.1 Å². The highest BCUT2D eigenvalue weighted by Crippen LogP contribution is 2.38. The van der Waals surface area contributed by atoms with Gasteiger partial charge < -0.3 is 10.1 Å². The molecule has 0 fully saturated rings. The SMILES string of the molecule is CCOC(=O)c1c(-c2ccc3c(c2)CCCC3)csc1NC(=O)c1ccc(C)c(C)c1. The summed E-state index contributed by atoms with van der Waals surface area (Å²) in [6.07, 6.45) is 4.61. The summed E-state index contributed by atoms with van der Waals surface area (Å²) in [6, 6.07) is 12.0. The van der Waals surface area contributed by atoms with E-state index >= 15 is 0 Å². The molecule has 0 spiro atoms. The zero-order valence-corrected chi connectivity index (χ0v) is 19.0. The van der Waals surface area contributed by atoms with E-state index in [-0.39, 0.29) is 12.5 Å². The Bertz CT molecular complexity index is 1150. The number of fused-ring (bicyclic) bond motifs is 1. The van der Waals surface area contributed by atoms with Gasteiger partial charge in [-0.15, -0.1) is 11.3 Å². The van der Waals surface area contributed by atoms with E-state index in [4.69, 9.17) is 4.74 Å². The minimum Gasteiger partial charge on any atom is -0.462 e. The van der Waals surface area contributed by atoms with Crippen LogP contribution < -0.4 is 5.32 Å². The fraction of sp³-hybridized carbons (Fsp3) is 0.308. The second-order valence-electron chi connectivity index (χ2n) is 8.02. The topological polar surface area (TPSA) is 55.4 Å². The average Bonchev–Trinajstić information content (AvgIpc) is 3.19. The lowest BCUT2D eigenvalue weighted by atomic mass is 9.89. The Kier molecular flexibility index (Phi) is 6.23. The first-order chi connectivity index (χ1) is 15.0. The Labute approximate surface area is 187 Å². The Hall–Kier alpha value is -2.92. The second kappa shape index (κ2) is 9.06. The molecule has 1 aliphatic rings. The van der Waals surface area contributed by atoms with E-state index in [1.54, 1.807) is 13.0 Å². The summed E-state index contributed by atoms with van der Waals surface area (Å²) in [5.74, 6) is -0.639. The van der Waals surface area contributed by atoms with Crippen molar-refractivity contribution in [1.29, 1.82) is 0 Å². The molecule has 0 aliphatic heterocycles. The van der Waals surface area contributed by atoms with Gasteiger partial charge in [0.25, 0.3) is 5.91 Å². The van der Waals surface area contributed by atoms with Crippen LogP contribution >= 0.6 is 11.3 Å². The van der Waals surface area contributed by atoms with E-state index in [2.05, 4.69) is 23.5 Å². The summed E-state index contributed by atoms with van der Waals surface area (Å²) in [5.41, 5.74) is 7.74. The van der Waals surface area contributed by atoms with Crippen LogP contribution in [-0.2, 0) is 17.6 Å². The molecule has 4 nitrogen and oxygen atoms in total. The molecule has 0 atom stereocenters. The number of amides is 1. The van der Waals surface area contributed by atoms with Gasteiger partial charge in [0.05, 0.1) is 6.61 Å². The zero-order valence-electron chi connectivity index (χ0n) is 18.2. The molecule has 0 bridgehead atoms. The van der Waals surface area contributed by atoms with Crippen LogP contribution in [-0.4, -0.2) is 18.5 Å². The molecule has 1 aliphatic carbocycles. The fourth-order valence-corrected chi connectivity index (χ4v) is 4.98. The maximum absolute atomic E-state index is 12.9. The number of hydrogen-bond acceptors (Lipinski definition) is 4. The number of hydrogen-bond donors (Lipinski definition) is 1. The van der Waals surface area contributed by atoms with Gasteiger partial charge in [-0.25, -0.2) is 4.79 Å². The van der Waals surface area contributed by atoms with Crippen molar-refractivity contribution in [2.75, 3.05) is 11.9 Å². The Morgan fingerprint density at radius 1 is 1.00 bits per heavy atom. The monoisotopic (exact) mass is 433 g/mol. The number of carbonyl (C=O) groups excluding carboxylic acids is 2. The molecule has 4 rings (SSSR count). The minimum absolute atomic E-state index is 0.229. The van der Waals surface area contributed by atoms with Gasteiger partial charge in [-0.2, -0.15) is 0 Å². The normalized spacial score (nSPS) is 12.9. The van der Waals surface area contributed by atoms with E-state index in [1.807, 2.05) is 31.4 Å². The number of rotatable bonds is 5. The van der Waals surface area contributed by atoms with E-state index < -0.39 is 5.97 Å². The molecular formula is C26H27NO3S. The van der Waals surface area contributed by atoms with Crippen LogP contribution in [0.1, 0.15) is 62.7 Å². The Morgan fingerprint density at radius 2 is 1.77 bits per heavy atom. The van der Waals surface area contributed by atoms with Crippen LogP contribution in [0.3, 0.4) is 0 Å². The molecule has 3 aromatic rings. The van der Waals surface area contributed by atoms with Crippen molar-refractivity contribution in [3.63, 3.8) is 0 Å². The van der Waals surface area contributed by atoms with Gasteiger partial charge >= 0.3 is 5.97 Å². The minimum atomic E-state index is -0.410. The molecule has 1 amide bonds. The van der Waals surface area contributed by atoms with Gasteiger partial charge in [-0.3, -0.25) is 4.79 Å². The van der Waals surface area contributed by atoms with Crippen molar-refractivity contribution in [2.45, 2.75) is 46.5 Å². The van der Waals surface area contributed by atoms with E-state index in [9.17, 15) is 9.59 Å². The van der Waals surface area contributed by atoms with Crippen LogP contribution in [0.5, 0.6) is 0 Å². The van der Waals surface area contributed by atoms with Gasteiger partial charge in [0.1, 0.15) is 10.6 Å². The Balaban J connectivity index is 1.70. The van der Waals surface area contributed by atoms with Crippen molar-refractivity contribution < 1.29 is 14.3 Å². The van der Waals surface area contributed by atoms with Crippen LogP contribution in [0.4, 0.5) is 5.00 Å². The molecule has 0 saturated heterocycles. The molecule has 5 heteroatoms. The van der Waals surface area contributed by atoms with E-state index in [0.717, 1.165) is 35.1 Å². The predicted octanol–water partition coefficient (Wildman–Crippen LogP) is 6.34. The molecule has 0 unspecified atom stereocenters. The molecule has 1 aromatic heterocycles. The number of benzene rings is 2. The molecule has 1 heterocycles. The molecule has 31 heavy (non-hydrogen) atoms. The number of esters is 1. The molecular weight excluding hydrogens is 406 g/mol. The van der Waals surface area contributed by atoms with Crippen molar-refractivity contribution in [1.82, 2.24) is 0 Å². The molecule has 1 N–H and O–H groups in total. The quantitative estimate of drug-likeness (QED) is 0.478. The fourth-order valence-electron chi connectivity index (χ4n) is 4.03. The third kappa shape index (κ3) is 4.42. The maximum atomic E-state index is 12.9. The number of nitrogens with one attached hydrogen (secondary N) is 1. The van der Waals surface area contributed by atoms with Gasteiger partial charge in [0.2, 0.25) is 0 Å². The standard InChI is InChI=1S/C26H27NO3S/c1-4-30-26(29)23-22(20-12-11-18-7-5-6-8-19(18)14-20)15-31-25(23)27-24(28)21-10-9-16(2)17(3)13-21/h9-15H,4-8H2,1-3H3,(H,27,28). The Morgan fingerprint density at radius 3 is 2.52 bits per heavy atom. The summed E-state index contributed by atoms with van der Waals surface area (Å²) < 4.78 is 5.34. The van der Waals surface area contributed by atoms with Crippen LogP contribution in [0.15, 0.2) is 41.8 Å². The lowest BCUT2D eigenvalue weighted by Crippen LogP contribution is -2.15. The summed E-state index contributed by atoms with van der Waals surface area (Å²) in [6.45, 7) is 6.06. The molecule has 0 radical (unpaired) electrons. The van der Waals surface area contributed by atoms with E-state index in [1.165, 1.54) is 35.3 Å². The first kappa shape index (κ1) is 21.3. The first-order valence-electron chi connectivity index (χ1n) is 10.8. The summed E-state index contributed by atoms with van der Waals surface area (Å²) in [4.78, 5) is 25.8. The van der Waals surface area contributed by atoms with E-state index in [0.29, 0.717) is 16.1 Å². The number of anilines is 1. The highest BCUT2D eigenvalue weighted by Gasteiger charge is 2.24. The van der Waals surface area contributed by atoms with Gasteiger partial charge in [0, 0.05) is 16.5 Å². The van der Waals surface area contributed by atoms with Crippen molar-refractivity contribution in [3.05, 3.63) is 75.2 Å². The summed E-state index contributed by atoms with van der Waals surface area (Å²) >= 11 is 1.36. The van der Waals surface area contributed by atoms with Gasteiger partial charge in [0.15, 0.2) is 0 Å². The van der Waals surface area contributed by atoms with Crippen LogP contribution in [0.2, 0.25) is 0 Å². The van der Waals surface area contributed by atoms with Crippen molar-refractivity contribution >= 4 is 28.2 Å². The zero-order chi connectivity index (χ0) is 22.0. The van der Waals surface area contributed by atoms with Crippen molar-refractivity contribution in [2.24, 2.45) is 0 Å². The summed E-state index contributed by atoms with van der Waals surface area (Å²) in [5, 5.41) is 5.40. The number of thiophene rings is 1.